The Morgan fingerprint density at radius 2 is 2.21 bits per heavy atom. The van der Waals surface area contributed by atoms with Crippen molar-refractivity contribution in [1.82, 2.24) is 4.98 Å². The van der Waals surface area contributed by atoms with E-state index in [9.17, 15) is 13.2 Å². The fourth-order valence-corrected chi connectivity index (χ4v) is 1.12. The van der Waals surface area contributed by atoms with Crippen LogP contribution in [0, 0.1) is 5.95 Å². The topological polar surface area (TPSA) is 48.1 Å². The standard InChI is InChI=1S/C8H9F3N2O/c1-14-5-3-13-8(11)4(2-12)6(5)7(9)10/h3,7H,2,12H2,1H3. The zero-order valence-electron chi connectivity index (χ0n) is 7.43. The summed E-state index contributed by atoms with van der Waals surface area (Å²) in [5.74, 6) is -1.13. The number of alkyl halides is 2. The highest BCUT2D eigenvalue weighted by molar-refractivity contribution is 5.38. The molecule has 0 saturated heterocycles. The molecule has 0 radical (unpaired) electrons. The molecule has 0 aromatic carbocycles. The molecule has 1 heterocycles. The van der Waals surface area contributed by atoms with Crippen LogP contribution in [0.5, 0.6) is 5.75 Å². The third-order valence-electron chi connectivity index (χ3n) is 1.78. The van der Waals surface area contributed by atoms with Crippen molar-refractivity contribution in [3.05, 3.63) is 23.3 Å². The Morgan fingerprint density at radius 3 is 2.64 bits per heavy atom. The molecule has 0 aliphatic rings. The van der Waals surface area contributed by atoms with Crippen LogP contribution in [0.3, 0.4) is 0 Å². The van der Waals surface area contributed by atoms with Crippen molar-refractivity contribution in [2.45, 2.75) is 13.0 Å². The van der Waals surface area contributed by atoms with E-state index in [1.165, 1.54) is 7.11 Å². The van der Waals surface area contributed by atoms with Gasteiger partial charge in [-0.3, -0.25) is 0 Å². The van der Waals surface area contributed by atoms with Crippen LogP contribution in [-0.4, -0.2) is 12.1 Å². The van der Waals surface area contributed by atoms with E-state index in [1.54, 1.807) is 0 Å². The monoisotopic (exact) mass is 206 g/mol. The molecule has 0 unspecified atom stereocenters. The lowest BCUT2D eigenvalue weighted by molar-refractivity contribution is 0.144. The molecule has 3 nitrogen and oxygen atoms in total. The smallest absolute Gasteiger partial charge is 0.267 e. The molecule has 0 amide bonds. The minimum Gasteiger partial charge on any atom is -0.495 e. The second-order valence-corrected chi connectivity index (χ2v) is 2.51. The first-order valence-electron chi connectivity index (χ1n) is 3.81. The summed E-state index contributed by atoms with van der Waals surface area (Å²) >= 11 is 0. The molecule has 0 aliphatic heterocycles. The molecule has 14 heavy (non-hydrogen) atoms. The van der Waals surface area contributed by atoms with Crippen LogP contribution >= 0.6 is 0 Å². The van der Waals surface area contributed by atoms with E-state index < -0.39 is 17.9 Å². The van der Waals surface area contributed by atoms with Crippen LogP contribution in [-0.2, 0) is 6.54 Å². The number of methoxy groups -OCH3 is 1. The van der Waals surface area contributed by atoms with E-state index in [1.807, 2.05) is 0 Å². The lowest BCUT2D eigenvalue weighted by Crippen LogP contribution is -2.08. The molecule has 0 saturated carbocycles. The highest BCUT2D eigenvalue weighted by Crippen LogP contribution is 2.32. The number of pyridine rings is 1. The average Bonchev–Trinajstić information content (AvgIpc) is 2.17. The minimum atomic E-state index is -2.83. The van der Waals surface area contributed by atoms with Crippen LogP contribution in [0.25, 0.3) is 0 Å². The van der Waals surface area contributed by atoms with Crippen LogP contribution < -0.4 is 10.5 Å². The molecule has 0 fully saturated rings. The van der Waals surface area contributed by atoms with E-state index in [0.717, 1.165) is 6.20 Å². The van der Waals surface area contributed by atoms with Crippen molar-refractivity contribution in [2.75, 3.05) is 7.11 Å². The second-order valence-electron chi connectivity index (χ2n) is 2.51. The van der Waals surface area contributed by atoms with Gasteiger partial charge in [-0.25, -0.2) is 13.8 Å². The summed E-state index contributed by atoms with van der Waals surface area (Å²) in [6, 6.07) is 0. The summed E-state index contributed by atoms with van der Waals surface area (Å²) in [6.07, 6.45) is -1.92. The van der Waals surface area contributed by atoms with Gasteiger partial charge in [-0.05, 0) is 0 Å². The molecule has 0 bridgehead atoms. The number of halogens is 3. The van der Waals surface area contributed by atoms with Gasteiger partial charge in [0, 0.05) is 12.1 Å². The number of hydrogen-bond donors (Lipinski definition) is 1. The summed E-state index contributed by atoms with van der Waals surface area (Å²) in [5, 5.41) is 0. The van der Waals surface area contributed by atoms with E-state index in [-0.39, 0.29) is 17.9 Å². The van der Waals surface area contributed by atoms with Gasteiger partial charge in [0.05, 0.1) is 18.9 Å². The van der Waals surface area contributed by atoms with Gasteiger partial charge in [0.2, 0.25) is 5.95 Å². The highest BCUT2D eigenvalue weighted by atomic mass is 19.3. The third-order valence-corrected chi connectivity index (χ3v) is 1.78. The lowest BCUT2D eigenvalue weighted by atomic mass is 10.1. The highest BCUT2D eigenvalue weighted by Gasteiger charge is 2.21. The van der Waals surface area contributed by atoms with Gasteiger partial charge in [-0.2, -0.15) is 4.39 Å². The summed E-state index contributed by atoms with van der Waals surface area (Å²) in [5.41, 5.74) is 4.31. The molecule has 1 aromatic rings. The van der Waals surface area contributed by atoms with Gasteiger partial charge >= 0.3 is 0 Å². The Labute approximate surface area is 78.7 Å². The van der Waals surface area contributed by atoms with E-state index in [2.05, 4.69) is 9.72 Å². The number of ether oxygens (including phenoxy) is 1. The Hall–Kier alpha value is -1.30. The van der Waals surface area contributed by atoms with Crippen molar-refractivity contribution >= 4 is 0 Å². The number of aromatic nitrogens is 1. The normalized spacial score (nSPS) is 10.7. The zero-order valence-corrected chi connectivity index (χ0v) is 7.43. The average molecular weight is 206 g/mol. The van der Waals surface area contributed by atoms with Gasteiger partial charge in [0.25, 0.3) is 6.43 Å². The number of nitrogens with zero attached hydrogens (tertiary/aromatic N) is 1. The fourth-order valence-electron chi connectivity index (χ4n) is 1.12. The molecule has 0 spiro atoms. The van der Waals surface area contributed by atoms with Crippen LogP contribution in [0.2, 0.25) is 0 Å². The molecule has 1 rings (SSSR count). The number of hydrogen-bond acceptors (Lipinski definition) is 3. The van der Waals surface area contributed by atoms with Crippen molar-refractivity contribution in [2.24, 2.45) is 5.73 Å². The minimum absolute atomic E-state index is 0.151. The zero-order chi connectivity index (χ0) is 10.7. The van der Waals surface area contributed by atoms with Gasteiger partial charge in [0.1, 0.15) is 5.75 Å². The van der Waals surface area contributed by atoms with Gasteiger partial charge < -0.3 is 10.5 Å². The quantitative estimate of drug-likeness (QED) is 0.764. The van der Waals surface area contributed by atoms with Gasteiger partial charge in [0.15, 0.2) is 0 Å². The van der Waals surface area contributed by atoms with Crippen molar-refractivity contribution in [3.8, 4) is 5.75 Å². The number of rotatable bonds is 3. The van der Waals surface area contributed by atoms with Crippen LogP contribution in [0.4, 0.5) is 13.2 Å². The van der Waals surface area contributed by atoms with Crippen molar-refractivity contribution in [1.29, 1.82) is 0 Å². The van der Waals surface area contributed by atoms with Gasteiger partial charge in [-0.15, -0.1) is 0 Å². The molecule has 78 valence electrons. The van der Waals surface area contributed by atoms with Crippen LogP contribution in [0.1, 0.15) is 17.6 Å². The van der Waals surface area contributed by atoms with E-state index in [0.29, 0.717) is 0 Å². The molecule has 0 aliphatic carbocycles. The van der Waals surface area contributed by atoms with Crippen molar-refractivity contribution < 1.29 is 17.9 Å². The predicted octanol–water partition coefficient (Wildman–Crippen LogP) is 1.63. The Morgan fingerprint density at radius 1 is 1.57 bits per heavy atom. The first-order valence-corrected chi connectivity index (χ1v) is 3.81. The summed E-state index contributed by atoms with van der Waals surface area (Å²) < 4.78 is 42.6. The Bertz CT molecular complexity index is 331. The third kappa shape index (κ3) is 1.79. The lowest BCUT2D eigenvalue weighted by Gasteiger charge is -2.11. The number of nitrogens with two attached hydrogens (primary N) is 1. The maximum atomic E-state index is 12.9. The Balaban J connectivity index is 3.36. The van der Waals surface area contributed by atoms with Crippen LogP contribution in [0.15, 0.2) is 6.20 Å². The fraction of sp³-hybridized carbons (Fsp3) is 0.375. The molecule has 0 atom stereocenters. The molecule has 6 heteroatoms. The summed E-state index contributed by atoms with van der Waals surface area (Å²) in [4.78, 5) is 3.26. The summed E-state index contributed by atoms with van der Waals surface area (Å²) in [7, 11) is 1.21. The molecule has 2 N–H and O–H groups in total. The predicted molar refractivity (Wildman–Crippen MR) is 43.6 cm³/mol. The maximum Gasteiger partial charge on any atom is 0.267 e. The molecular formula is C8H9F3N2O. The largest absolute Gasteiger partial charge is 0.495 e. The molecule has 1 aromatic heterocycles. The first-order chi connectivity index (χ1) is 6.61. The van der Waals surface area contributed by atoms with E-state index in [4.69, 9.17) is 5.73 Å². The van der Waals surface area contributed by atoms with E-state index >= 15 is 0 Å². The van der Waals surface area contributed by atoms with Gasteiger partial charge in [-0.1, -0.05) is 0 Å². The van der Waals surface area contributed by atoms with Crippen molar-refractivity contribution in [3.63, 3.8) is 0 Å². The molecular weight excluding hydrogens is 197 g/mol. The first kappa shape index (κ1) is 10.8. The Kier molecular flexibility index (Phi) is 3.29. The summed E-state index contributed by atoms with van der Waals surface area (Å²) in [6.45, 7) is -0.338. The second kappa shape index (κ2) is 4.28. The SMILES string of the molecule is COc1cnc(F)c(CN)c1C(F)F. The maximum absolute atomic E-state index is 12.9.